The smallest absolute Gasteiger partial charge is 0.251 e. The van der Waals surface area contributed by atoms with Crippen LogP contribution in [0.5, 0.6) is 0 Å². The van der Waals surface area contributed by atoms with Crippen LogP contribution in [-0.2, 0) is 6.54 Å². The van der Waals surface area contributed by atoms with E-state index in [9.17, 15) is 4.79 Å². The number of nitrogens with one attached hydrogen (secondary N) is 2. The highest BCUT2D eigenvalue weighted by Gasteiger charge is 2.09. The lowest BCUT2D eigenvalue weighted by atomic mass is 10.1. The molecule has 0 saturated carbocycles. The van der Waals surface area contributed by atoms with Crippen molar-refractivity contribution in [2.75, 3.05) is 11.9 Å². The third-order valence-electron chi connectivity index (χ3n) is 2.99. The molecule has 1 heterocycles. The standard InChI is InChI=1S/C16H18ClN3O/c1-3-18-15-9-13(8-14(17)20-15)16(21)19-10-12-6-4-11(2)5-7-12/h4-9H,3,10H2,1-2H3,(H,18,20)(H,19,21). The molecule has 1 amide bonds. The minimum atomic E-state index is -0.168. The Bertz CT molecular complexity index is 626. The van der Waals surface area contributed by atoms with Gasteiger partial charge in [-0.25, -0.2) is 4.98 Å². The lowest BCUT2D eigenvalue weighted by molar-refractivity contribution is 0.0951. The second-order valence-electron chi connectivity index (χ2n) is 4.76. The van der Waals surface area contributed by atoms with Crippen LogP contribution >= 0.6 is 11.6 Å². The maximum atomic E-state index is 12.2. The number of carbonyl (C=O) groups is 1. The first-order valence-corrected chi connectivity index (χ1v) is 7.21. The van der Waals surface area contributed by atoms with Crippen LogP contribution in [0.3, 0.4) is 0 Å². The van der Waals surface area contributed by atoms with Gasteiger partial charge >= 0.3 is 0 Å². The molecule has 4 nitrogen and oxygen atoms in total. The number of amides is 1. The number of halogens is 1. The Labute approximate surface area is 129 Å². The Morgan fingerprint density at radius 3 is 2.62 bits per heavy atom. The van der Waals surface area contributed by atoms with Gasteiger partial charge in [-0.05, 0) is 31.5 Å². The fourth-order valence-electron chi connectivity index (χ4n) is 1.89. The maximum Gasteiger partial charge on any atom is 0.251 e. The number of aryl methyl sites for hydroxylation is 1. The lowest BCUT2D eigenvalue weighted by Gasteiger charge is -2.08. The van der Waals surface area contributed by atoms with E-state index in [1.54, 1.807) is 12.1 Å². The summed E-state index contributed by atoms with van der Waals surface area (Å²) in [4.78, 5) is 16.3. The molecule has 0 aliphatic heterocycles. The molecule has 5 heteroatoms. The number of anilines is 1. The molecule has 0 aliphatic carbocycles. The van der Waals surface area contributed by atoms with Gasteiger partial charge < -0.3 is 10.6 Å². The van der Waals surface area contributed by atoms with Crippen LogP contribution in [0.2, 0.25) is 5.15 Å². The molecule has 1 aromatic heterocycles. The molecule has 0 aliphatic rings. The van der Waals surface area contributed by atoms with Gasteiger partial charge in [-0.3, -0.25) is 4.79 Å². The SMILES string of the molecule is CCNc1cc(C(=O)NCc2ccc(C)cc2)cc(Cl)n1. The Kier molecular flexibility index (Phi) is 5.17. The molecular weight excluding hydrogens is 286 g/mol. The lowest BCUT2D eigenvalue weighted by Crippen LogP contribution is -2.23. The molecule has 2 rings (SSSR count). The first kappa shape index (κ1) is 15.3. The van der Waals surface area contributed by atoms with Gasteiger partial charge in [0.2, 0.25) is 0 Å². The molecule has 0 unspecified atom stereocenters. The molecule has 0 radical (unpaired) electrons. The van der Waals surface area contributed by atoms with Crippen molar-refractivity contribution in [2.24, 2.45) is 0 Å². The van der Waals surface area contributed by atoms with Gasteiger partial charge in [0.05, 0.1) is 0 Å². The second-order valence-corrected chi connectivity index (χ2v) is 5.15. The number of nitrogens with zero attached hydrogens (tertiary/aromatic N) is 1. The summed E-state index contributed by atoms with van der Waals surface area (Å²) >= 11 is 5.93. The van der Waals surface area contributed by atoms with E-state index in [-0.39, 0.29) is 5.91 Å². The summed E-state index contributed by atoms with van der Waals surface area (Å²) in [6.07, 6.45) is 0. The van der Waals surface area contributed by atoms with Crippen LogP contribution in [0.4, 0.5) is 5.82 Å². The van der Waals surface area contributed by atoms with Crippen molar-refractivity contribution in [1.29, 1.82) is 0 Å². The maximum absolute atomic E-state index is 12.2. The fraction of sp³-hybridized carbons (Fsp3) is 0.250. The van der Waals surface area contributed by atoms with E-state index in [1.807, 2.05) is 38.1 Å². The van der Waals surface area contributed by atoms with Crippen molar-refractivity contribution in [2.45, 2.75) is 20.4 Å². The molecule has 1 aromatic carbocycles. The quantitative estimate of drug-likeness (QED) is 0.832. The number of carbonyl (C=O) groups excluding carboxylic acids is 1. The van der Waals surface area contributed by atoms with Crippen LogP contribution < -0.4 is 10.6 Å². The van der Waals surface area contributed by atoms with Crippen molar-refractivity contribution in [3.8, 4) is 0 Å². The Balaban J connectivity index is 2.04. The summed E-state index contributed by atoms with van der Waals surface area (Å²) in [6.45, 7) is 5.19. The summed E-state index contributed by atoms with van der Waals surface area (Å²) in [6, 6.07) is 11.3. The average Bonchev–Trinajstić information content (AvgIpc) is 2.46. The van der Waals surface area contributed by atoms with Crippen LogP contribution in [0.1, 0.15) is 28.4 Å². The van der Waals surface area contributed by atoms with E-state index in [2.05, 4.69) is 15.6 Å². The zero-order valence-corrected chi connectivity index (χ0v) is 12.9. The third-order valence-corrected chi connectivity index (χ3v) is 3.18. The van der Waals surface area contributed by atoms with E-state index < -0.39 is 0 Å². The number of rotatable bonds is 5. The molecular formula is C16H18ClN3O. The highest BCUT2D eigenvalue weighted by Crippen LogP contribution is 2.14. The van der Waals surface area contributed by atoms with Gasteiger partial charge in [0.1, 0.15) is 11.0 Å². The van der Waals surface area contributed by atoms with Gasteiger partial charge in [-0.15, -0.1) is 0 Å². The van der Waals surface area contributed by atoms with Crippen molar-refractivity contribution in [3.63, 3.8) is 0 Å². The largest absolute Gasteiger partial charge is 0.370 e. The average molecular weight is 304 g/mol. The van der Waals surface area contributed by atoms with Crippen molar-refractivity contribution >= 4 is 23.3 Å². The number of benzene rings is 1. The van der Waals surface area contributed by atoms with Crippen molar-refractivity contribution in [1.82, 2.24) is 10.3 Å². The summed E-state index contributed by atoms with van der Waals surface area (Å²) < 4.78 is 0. The van der Waals surface area contributed by atoms with Crippen molar-refractivity contribution < 1.29 is 4.79 Å². The van der Waals surface area contributed by atoms with E-state index >= 15 is 0 Å². The number of aromatic nitrogens is 1. The summed E-state index contributed by atoms with van der Waals surface area (Å²) in [5.74, 6) is 0.435. The number of hydrogen-bond acceptors (Lipinski definition) is 3. The minimum Gasteiger partial charge on any atom is -0.370 e. The Morgan fingerprint density at radius 2 is 1.95 bits per heavy atom. The number of pyridine rings is 1. The van der Waals surface area contributed by atoms with E-state index in [0.717, 1.165) is 12.1 Å². The van der Waals surface area contributed by atoms with Gasteiger partial charge in [0.25, 0.3) is 5.91 Å². The molecule has 0 saturated heterocycles. The van der Waals surface area contributed by atoms with Gasteiger partial charge in [-0.2, -0.15) is 0 Å². The van der Waals surface area contributed by atoms with Crippen LogP contribution in [0.25, 0.3) is 0 Å². The fourth-order valence-corrected chi connectivity index (χ4v) is 2.10. The summed E-state index contributed by atoms with van der Waals surface area (Å²) in [5, 5.41) is 6.23. The molecule has 21 heavy (non-hydrogen) atoms. The normalized spacial score (nSPS) is 10.2. The topological polar surface area (TPSA) is 54.0 Å². The highest BCUT2D eigenvalue weighted by molar-refractivity contribution is 6.29. The Hall–Kier alpha value is -2.07. The van der Waals surface area contributed by atoms with E-state index in [4.69, 9.17) is 11.6 Å². The van der Waals surface area contributed by atoms with Gasteiger partial charge in [0, 0.05) is 18.7 Å². The molecule has 0 atom stereocenters. The van der Waals surface area contributed by atoms with E-state index in [0.29, 0.717) is 23.1 Å². The van der Waals surface area contributed by atoms with Crippen LogP contribution in [-0.4, -0.2) is 17.4 Å². The Morgan fingerprint density at radius 1 is 1.24 bits per heavy atom. The molecule has 2 aromatic rings. The predicted octanol–water partition coefficient (Wildman–Crippen LogP) is 3.41. The minimum absolute atomic E-state index is 0.168. The number of hydrogen-bond donors (Lipinski definition) is 2. The first-order valence-electron chi connectivity index (χ1n) is 6.83. The molecule has 110 valence electrons. The highest BCUT2D eigenvalue weighted by atomic mass is 35.5. The molecule has 0 bridgehead atoms. The van der Waals surface area contributed by atoms with Gasteiger partial charge in [0.15, 0.2) is 0 Å². The molecule has 0 spiro atoms. The monoisotopic (exact) mass is 303 g/mol. The molecule has 2 N–H and O–H groups in total. The van der Waals surface area contributed by atoms with Crippen LogP contribution in [0.15, 0.2) is 36.4 Å². The van der Waals surface area contributed by atoms with Gasteiger partial charge in [-0.1, -0.05) is 41.4 Å². The summed E-state index contributed by atoms with van der Waals surface area (Å²) in [5.41, 5.74) is 2.75. The van der Waals surface area contributed by atoms with E-state index in [1.165, 1.54) is 5.56 Å². The second kappa shape index (κ2) is 7.09. The molecule has 0 fully saturated rings. The zero-order chi connectivity index (χ0) is 15.2. The third kappa shape index (κ3) is 4.46. The van der Waals surface area contributed by atoms with Crippen molar-refractivity contribution in [3.05, 3.63) is 58.2 Å². The predicted molar refractivity (Wildman–Crippen MR) is 85.8 cm³/mol. The van der Waals surface area contributed by atoms with Crippen LogP contribution in [0, 0.1) is 6.92 Å². The summed E-state index contributed by atoms with van der Waals surface area (Å²) in [7, 11) is 0. The zero-order valence-electron chi connectivity index (χ0n) is 12.1. The first-order chi connectivity index (χ1) is 10.1.